The predicted molar refractivity (Wildman–Crippen MR) is 141 cm³/mol. The van der Waals surface area contributed by atoms with E-state index >= 15 is 0 Å². The molecule has 1 aromatic heterocycles. The standard InChI is InChI=1S/C28H40N6O3/c1-33-14-5-6-19(33)17-37-26-31-21(16-23(32-26)34-15-13-30-27(18-34)11-12-27)24(36)20-7-4-10-28(25(20)29)9-3-2-8-22(28)35/h16,19,30H,2-15,17-18,29H2,1H3/t19-,28+/m0/s1. The van der Waals surface area contributed by atoms with E-state index in [2.05, 4.69) is 27.1 Å². The van der Waals surface area contributed by atoms with E-state index in [1.165, 1.54) is 0 Å². The predicted octanol–water partition coefficient (Wildman–Crippen LogP) is 2.60. The highest BCUT2D eigenvalue weighted by Gasteiger charge is 2.47. The number of anilines is 1. The van der Waals surface area contributed by atoms with Crippen LogP contribution >= 0.6 is 0 Å². The Morgan fingerprint density at radius 1 is 1.14 bits per heavy atom. The monoisotopic (exact) mass is 508 g/mol. The summed E-state index contributed by atoms with van der Waals surface area (Å²) in [5, 5.41) is 3.64. The van der Waals surface area contributed by atoms with E-state index in [1.807, 2.05) is 6.07 Å². The Morgan fingerprint density at radius 3 is 2.73 bits per heavy atom. The summed E-state index contributed by atoms with van der Waals surface area (Å²) in [6.07, 6.45) is 9.88. The van der Waals surface area contributed by atoms with Gasteiger partial charge in [0.2, 0.25) is 5.78 Å². The SMILES string of the molecule is CN1CCC[C@H]1COc1nc(C(=O)C2=C(N)[C@]3(CCCCC3=O)CCC2)cc(N2CCNC3(CC3)C2)n1. The van der Waals surface area contributed by atoms with Crippen LogP contribution < -0.4 is 20.7 Å². The molecule has 37 heavy (non-hydrogen) atoms. The minimum atomic E-state index is -0.666. The molecule has 9 nitrogen and oxygen atoms in total. The number of carbonyl (C=O) groups excluding carboxylic acids is 2. The van der Waals surface area contributed by atoms with Crippen LogP contribution in [0.4, 0.5) is 5.82 Å². The molecule has 3 heterocycles. The summed E-state index contributed by atoms with van der Waals surface area (Å²) in [7, 11) is 2.11. The molecule has 3 N–H and O–H groups in total. The van der Waals surface area contributed by atoms with Crippen LogP contribution in [-0.2, 0) is 4.79 Å². The lowest BCUT2D eigenvalue weighted by Crippen LogP contribution is -2.52. The number of hydrogen-bond donors (Lipinski definition) is 2. The number of likely N-dealkylation sites (tertiary alicyclic amines) is 1. The number of carbonyl (C=O) groups is 2. The molecule has 2 spiro atoms. The van der Waals surface area contributed by atoms with Crippen molar-refractivity contribution in [3.05, 3.63) is 23.0 Å². The maximum absolute atomic E-state index is 13.9. The van der Waals surface area contributed by atoms with Gasteiger partial charge >= 0.3 is 6.01 Å². The zero-order valence-corrected chi connectivity index (χ0v) is 22.1. The molecule has 0 amide bonds. The summed E-state index contributed by atoms with van der Waals surface area (Å²) in [6.45, 7) is 4.14. The summed E-state index contributed by atoms with van der Waals surface area (Å²) < 4.78 is 6.13. The number of aromatic nitrogens is 2. The van der Waals surface area contributed by atoms with Crippen LogP contribution in [0.3, 0.4) is 0 Å². The van der Waals surface area contributed by atoms with E-state index < -0.39 is 5.41 Å². The van der Waals surface area contributed by atoms with Gasteiger partial charge in [-0.3, -0.25) is 9.59 Å². The summed E-state index contributed by atoms with van der Waals surface area (Å²) in [6, 6.07) is 2.39. The van der Waals surface area contributed by atoms with Crippen molar-refractivity contribution < 1.29 is 14.3 Å². The molecule has 4 fully saturated rings. The van der Waals surface area contributed by atoms with Gasteiger partial charge in [-0.05, 0) is 71.4 Å². The third-order valence-electron chi connectivity index (χ3n) is 9.49. The molecule has 9 heteroatoms. The topological polar surface area (TPSA) is 114 Å². The maximum Gasteiger partial charge on any atom is 0.319 e. The second-order valence-corrected chi connectivity index (χ2v) is 11.9. The molecule has 2 saturated heterocycles. The van der Waals surface area contributed by atoms with E-state index in [4.69, 9.17) is 15.5 Å². The van der Waals surface area contributed by atoms with Crippen molar-refractivity contribution in [2.75, 3.05) is 44.7 Å². The number of piperazine rings is 1. The molecule has 2 saturated carbocycles. The minimum Gasteiger partial charge on any atom is -0.462 e. The van der Waals surface area contributed by atoms with Crippen molar-refractivity contribution in [3.63, 3.8) is 0 Å². The van der Waals surface area contributed by atoms with Crippen molar-refractivity contribution in [2.24, 2.45) is 11.1 Å². The van der Waals surface area contributed by atoms with Gasteiger partial charge in [0, 0.05) is 55.0 Å². The van der Waals surface area contributed by atoms with Crippen LogP contribution in [0.1, 0.15) is 81.1 Å². The number of nitrogens with one attached hydrogen (secondary N) is 1. The van der Waals surface area contributed by atoms with Gasteiger partial charge in [0.05, 0.1) is 5.41 Å². The molecular formula is C28H40N6O3. The van der Waals surface area contributed by atoms with Crippen molar-refractivity contribution in [1.29, 1.82) is 0 Å². The Hall–Kier alpha value is -2.52. The number of likely N-dealkylation sites (N-methyl/N-ethyl adjacent to an activating group) is 1. The van der Waals surface area contributed by atoms with E-state index in [-0.39, 0.29) is 23.1 Å². The Labute approximate surface area is 219 Å². The number of ketones is 2. The molecule has 0 radical (unpaired) electrons. The van der Waals surface area contributed by atoms with Crippen LogP contribution in [0.25, 0.3) is 0 Å². The van der Waals surface area contributed by atoms with Gasteiger partial charge < -0.3 is 25.6 Å². The fourth-order valence-corrected chi connectivity index (χ4v) is 6.91. The highest BCUT2D eigenvalue weighted by molar-refractivity contribution is 6.09. The summed E-state index contributed by atoms with van der Waals surface area (Å²) in [4.78, 5) is 40.9. The Balaban J connectivity index is 1.32. The molecule has 0 bridgehead atoms. The lowest BCUT2D eigenvalue weighted by molar-refractivity contribution is -0.129. The van der Waals surface area contributed by atoms with Gasteiger partial charge in [0.15, 0.2) is 0 Å². The van der Waals surface area contributed by atoms with Gasteiger partial charge in [-0.25, -0.2) is 0 Å². The number of ether oxygens (including phenoxy) is 1. The van der Waals surface area contributed by atoms with Crippen LogP contribution in [0, 0.1) is 5.41 Å². The summed E-state index contributed by atoms with van der Waals surface area (Å²) >= 11 is 0. The fourth-order valence-electron chi connectivity index (χ4n) is 6.91. The zero-order chi connectivity index (χ0) is 25.6. The molecular weight excluding hydrogens is 468 g/mol. The highest BCUT2D eigenvalue weighted by atomic mass is 16.5. The molecule has 200 valence electrons. The first kappa shape index (κ1) is 24.8. The van der Waals surface area contributed by atoms with E-state index in [0.717, 1.165) is 89.8 Å². The quantitative estimate of drug-likeness (QED) is 0.560. The molecule has 5 aliphatic rings. The lowest BCUT2D eigenvalue weighted by Gasteiger charge is -2.40. The zero-order valence-electron chi connectivity index (χ0n) is 22.1. The smallest absolute Gasteiger partial charge is 0.319 e. The largest absolute Gasteiger partial charge is 0.462 e. The summed E-state index contributed by atoms with van der Waals surface area (Å²) in [5.41, 5.74) is 7.55. The molecule has 3 aliphatic carbocycles. The number of rotatable bonds is 6. The number of allylic oxidation sites excluding steroid dienone is 2. The van der Waals surface area contributed by atoms with Crippen LogP contribution in [0.2, 0.25) is 0 Å². The highest BCUT2D eigenvalue weighted by Crippen LogP contribution is 2.47. The Bertz CT molecular complexity index is 1120. The molecule has 2 aliphatic heterocycles. The third kappa shape index (κ3) is 4.65. The second-order valence-electron chi connectivity index (χ2n) is 11.9. The van der Waals surface area contributed by atoms with Gasteiger partial charge in [-0.2, -0.15) is 9.97 Å². The molecule has 0 unspecified atom stereocenters. The molecule has 2 atom stereocenters. The van der Waals surface area contributed by atoms with E-state index in [1.54, 1.807) is 0 Å². The van der Waals surface area contributed by atoms with Gasteiger partial charge in [0.25, 0.3) is 0 Å². The van der Waals surface area contributed by atoms with Crippen molar-refractivity contribution in [2.45, 2.75) is 82.2 Å². The van der Waals surface area contributed by atoms with E-state index in [9.17, 15) is 9.59 Å². The van der Waals surface area contributed by atoms with Crippen molar-refractivity contribution in [3.8, 4) is 6.01 Å². The lowest BCUT2D eigenvalue weighted by atomic mass is 9.64. The Morgan fingerprint density at radius 2 is 1.97 bits per heavy atom. The van der Waals surface area contributed by atoms with Crippen molar-refractivity contribution >= 4 is 17.4 Å². The van der Waals surface area contributed by atoms with Gasteiger partial charge in [0.1, 0.15) is 23.9 Å². The first-order chi connectivity index (χ1) is 17.9. The fraction of sp³-hybridized carbons (Fsp3) is 0.714. The first-order valence-corrected chi connectivity index (χ1v) is 14.2. The number of Topliss-reactive ketones (excluding diaryl/α,β-unsaturated/α-hetero) is 2. The number of nitrogens with zero attached hydrogens (tertiary/aromatic N) is 4. The number of hydrogen-bond acceptors (Lipinski definition) is 9. The molecule has 0 aromatic carbocycles. The molecule has 1 aromatic rings. The summed E-state index contributed by atoms with van der Waals surface area (Å²) in [5.74, 6) is 0.752. The second kappa shape index (κ2) is 9.66. The average molecular weight is 509 g/mol. The van der Waals surface area contributed by atoms with Crippen molar-refractivity contribution in [1.82, 2.24) is 20.2 Å². The van der Waals surface area contributed by atoms with Crippen LogP contribution in [0.5, 0.6) is 6.01 Å². The van der Waals surface area contributed by atoms with Crippen LogP contribution in [-0.4, -0.2) is 77.8 Å². The molecule has 6 rings (SSSR count). The number of nitrogens with two attached hydrogens (primary N) is 1. The maximum atomic E-state index is 13.9. The van der Waals surface area contributed by atoms with E-state index in [0.29, 0.717) is 42.5 Å². The third-order valence-corrected chi connectivity index (χ3v) is 9.49. The van der Waals surface area contributed by atoms with Gasteiger partial charge in [-0.1, -0.05) is 6.42 Å². The van der Waals surface area contributed by atoms with Crippen LogP contribution in [0.15, 0.2) is 17.3 Å². The Kier molecular flexibility index (Phi) is 6.47. The van der Waals surface area contributed by atoms with Gasteiger partial charge in [-0.15, -0.1) is 0 Å². The minimum absolute atomic E-state index is 0.172. The average Bonchev–Trinajstić information content (AvgIpc) is 3.52. The normalized spacial score (nSPS) is 29.8. The first-order valence-electron chi connectivity index (χ1n) is 14.2.